The van der Waals surface area contributed by atoms with Gasteiger partial charge in [0.15, 0.2) is 0 Å². The number of aryl methyl sites for hydroxylation is 1. The Balaban J connectivity index is 3.04. The fourth-order valence-corrected chi connectivity index (χ4v) is 3.23. The van der Waals surface area contributed by atoms with Gasteiger partial charge < -0.3 is 10.4 Å². The molecule has 1 heterocycles. The monoisotopic (exact) mass is 318 g/mol. The van der Waals surface area contributed by atoms with E-state index in [9.17, 15) is 18.0 Å². The highest BCUT2D eigenvalue weighted by molar-refractivity contribution is 7.89. The van der Waals surface area contributed by atoms with E-state index in [1.807, 2.05) is 0 Å². The minimum absolute atomic E-state index is 0.0203. The predicted molar refractivity (Wildman–Crippen MR) is 72.9 cm³/mol. The molecule has 1 rings (SSSR count). The van der Waals surface area contributed by atoms with E-state index >= 15 is 0 Å². The number of carbonyl (C=O) groups excluding carboxylic acids is 1. The first kappa shape index (κ1) is 17.1. The molecule has 0 saturated heterocycles. The van der Waals surface area contributed by atoms with Gasteiger partial charge in [0.05, 0.1) is 6.20 Å². The standard InChI is InChI=1S/C11H18N4O5S/c1-8(11(17)18)15(5-4-12-9(2)16)21(19,20)10-6-13-14(3)7-10/h6-8H,4-5H2,1-3H3,(H,12,16)(H,17,18). The molecule has 0 radical (unpaired) electrons. The molecule has 10 heteroatoms. The van der Waals surface area contributed by atoms with Crippen LogP contribution in [0.3, 0.4) is 0 Å². The van der Waals surface area contributed by atoms with Gasteiger partial charge in [0, 0.05) is 33.3 Å². The second-order valence-corrected chi connectivity index (χ2v) is 6.35. The molecule has 0 aliphatic carbocycles. The van der Waals surface area contributed by atoms with Gasteiger partial charge in [-0.3, -0.25) is 14.3 Å². The van der Waals surface area contributed by atoms with Crippen molar-refractivity contribution in [2.45, 2.75) is 24.8 Å². The number of amides is 1. The lowest BCUT2D eigenvalue weighted by molar-refractivity contribution is -0.140. The quantitative estimate of drug-likeness (QED) is 0.666. The van der Waals surface area contributed by atoms with Crippen LogP contribution in [0, 0.1) is 0 Å². The van der Waals surface area contributed by atoms with Crippen molar-refractivity contribution in [3.63, 3.8) is 0 Å². The van der Waals surface area contributed by atoms with Crippen molar-refractivity contribution in [1.82, 2.24) is 19.4 Å². The molecule has 0 bridgehead atoms. The normalized spacial score (nSPS) is 13.1. The second-order valence-electron chi connectivity index (χ2n) is 4.46. The molecule has 0 aliphatic heterocycles. The van der Waals surface area contributed by atoms with Gasteiger partial charge in [-0.05, 0) is 6.92 Å². The van der Waals surface area contributed by atoms with Gasteiger partial charge >= 0.3 is 5.97 Å². The zero-order chi connectivity index (χ0) is 16.2. The summed E-state index contributed by atoms with van der Waals surface area (Å²) in [6.07, 6.45) is 2.44. The van der Waals surface area contributed by atoms with E-state index in [1.165, 1.54) is 24.7 Å². The largest absolute Gasteiger partial charge is 0.480 e. The topological polar surface area (TPSA) is 122 Å². The number of carboxylic acids is 1. The number of hydrogen-bond acceptors (Lipinski definition) is 5. The van der Waals surface area contributed by atoms with E-state index in [0.29, 0.717) is 0 Å². The number of aliphatic carboxylic acids is 1. The molecule has 2 N–H and O–H groups in total. The van der Waals surface area contributed by atoms with Crippen LogP contribution >= 0.6 is 0 Å². The van der Waals surface area contributed by atoms with Gasteiger partial charge in [0.1, 0.15) is 10.9 Å². The van der Waals surface area contributed by atoms with Crippen molar-refractivity contribution < 1.29 is 23.1 Å². The third-order valence-electron chi connectivity index (χ3n) is 2.78. The highest BCUT2D eigenvalue weighted by atomic mass is 32.2. The minimum atomic E-state index is -4.00. The summed E-state index contributed by atoms with van der Waals surface area (Å²) in [5, 5.41) is 15.3. The number of carbonyl (C=O) groups is 2. The van der Waals surface area contributed by atoms with Crippen LogP contribution in [-0.2, 0) is 26.7 Å². The van der Waals surface area contributed by atoms with Crippen LogP contribution < -0.4 is 5.32 Å². The van der Waals surface area contributed by atoms with Crippen LogP contribution in [0.2, 0.25) is 0 Å². The molecule has 0 spiro atoms. The van der Waals surface area contributed by atoms with Gasteiger partial charge in [-0.15, -0.1) is 0 Å². The van der Waals surface area contributed by atoms with E-state index in [0.717, 1.165) is 10.5 Å². The van der Waals surface area contributed by atoms with Crippen molar-refractivity contribution in [2.75, 3.05) is 13.1 Å². The number of nitrogens with zero attached hydrogens (tertiary/aromatic N) is 3. The average Bonchev–Trinajstić information content (AvgIpc) is 2.80. The summed E-state index contributed by atoms with van der Waals surface area (Å²) in [7, 11) is -2.45. The fraction of sp³-hybridized carbons (Fsp3) is 0.545. The van der Waals surface area contributed by atoms with E-state index in [4.69, 9.17) is 5.11 Å². The maximum Gasteiger partial charge on any atom is 0.321 e. The van der Waals surface area contributed by atoms with Crippen LogP contribution in [0.25, 0.3) is 0 Å². The van der Waals surface area contributed by atoms with Crippen LogP contribution in [-0.4, -0.2) is 58.6 Å². The van der Waals surface area contributed by atoms with E-state index < -0.39 is 22.0 Å². The molecule has 21 heavy (non-hydrogen) atoms. The lowest BCUT2D eigenvalue weighted by Gasteiger charge is -2.25. The van der Waals surface area contributed by atoms with Gasteiger partial charge in [-0.1, -0.05) is 0 Å². The summed E-state index contributed by atoms with van der Waals surface area (Å²) < 4.78 is 27.1. The summed E-state index contributed by atoms with van der Waals surface area (Å²) >= 11 is 0. The summed E-state index contributed by atoms with van der Waals surface area (Å²) in [4.78, 5) is 21.9. The Labute approximate surface area is 122 Å². The molecule has 1 amide bonds. The Bertz CT molecular complexity index is 624. The average molecular weight is 318 g/mol. The second kappa shape index (κ2) is 6.68. The van der Waals surface area contributed by atoms with E-state index in [-0.39, 0.29) is 23.9 Å². The summed E-state index contributed by atoms with van der Waals surface area (Å²) in [5.74, 6) is -1.60. The van der Waals surface area contributed by atoms with Gasteiger partial charge in [0.2, 0.25) is 15.9 Å². The maximum atomic E-state index is 12.5. The smallest absolute Gasteiger partial charge is 0.321 e. The van der Waals surface area contributed by atoms with Crippen LogP contribution in [0.1, 0.15) is 13.8 Å². The number of carboxylic acid groups (broad SMARTS) is 1. The van der Waals surface area contributed by atoms with Crippen LogP contribution in [0.5, 0.6) is 0 Å². The molecule has 0 aliphatic rings. The number of rotatable bonds is 7. The maximum absolute atomic E-state index is 12.5. The third kappa shape index (κ3) is 4.26. The molecule has 1 aromatic heterocycles. The van der Waals surface area contributed by atoms with E-state index in [1.54, 1.807) is 7.05 Å². The molecule has 9 nitrogen and oxygen atoms in total. The molecule has 0 saturated carbocycles. The lowest BCUT2D eigenvalue weighted by Crippen LogP contribution is -2.46. The zero-order valence-electron chi connectivity index (χ0n) is 12.0. The lowest BCUT2D eigenvalue weighted by atomic mass is 10.3. The predicted octanol–water partition coefficient (Wildman–Crippen LogP) is -0.980. The van der Waals surface area contributed by atoms with Crippen LogP contribution in [0.15, 0.2) is 17.3 Å². The highest BCUT2D eigenvalue weighted by Gasteiger charge is 2.33. The first-order valence-electron chi connectivity index (χ1n) is 6.14. The van der Waals surface area contributed by atoms with Gasteiger partial charge in [0.25, 0.3) is 0 Å². The Hall–Kier alpha value is -1.94. The summed E-state index contributed by atoms with van der Waals surface area (Å²) in [6, 6.07) is -1.26. The molecule has 118 valence electrons. The Morgan fingerprint density at radius 1 is 1.52 bits per heavy atom. The van der Waals surface area contributed by atoms with Gasteiger partial charge in [-0.25, -0.2) is 8.42 Å². The number of sulfonamides is 1. The Kier molecular flexibility index (Phi) is 5.44. The number of nitrogens with one attached hydrogen (secondary N) is 1. The van der Waals surface area contributed by atoms with Crippen molar-refractivity contribution in [2.24, 2.45) is 7.05 Å². The number of hydrogen-bond donors (Lipinski definition) is 2. The fourth-order valence-electron chi connectivity index (χ4n) is 1.65. The highest BCUT2D eigenvalue weighted by Crippen LogP contribution is 2.17. The minimum Gasteiger partial charge on any atom is -0.480 e. The van der Waals surface area contributed by atoms with Crippen molar-refractivity contribution in [3.05, 3.63) is 12.4 Å². The SMILES string of the molecule is CC(=O)NCCN(C(C)C(=O)O)S(=O)(=O)c1cnn(C)c1. The van der Waals surface area contributed by atoms with Crippen LogP contribution in [0.4, 0.5) is 0 Å². The number of aromatic nitrogens is 2. The molecular weight excluding hydrogens is 300 g/mol. The summed E-state index contributed by atoms with van der Waals surface area (Å²) in [6.45, 7) is 2.43. The van der Waals surface area contributed by atoms with Gasteiger partial charge in [-0.2, -0.15) is 9.40 Å². The summed E-state index contributed by atoms with van der Waals surface area (Å²) in [5.41, 5.74) is 0. The van der Waals surface area contributed by atoms with Crippen molar-refractivity contribution >= 4 is 21.9 Å². The molecule has 1 aromatic rings. The Morgan fingerprint density at radius 2 is 2.14 bits per heavy atom. The molecule has 1 unspecified atom stereocenters. The first-order chi connectivity index (χ1) is 9.66. The Morgan fingerprint density at radius 3 is 2.57 bits per heavy atom. The molecular formula is C11H18N4O5S. The van der Waals surface area contributed by atoms with Crippen molar-refractivity contribution in [1.29, 1.82) is 0 Å². The van der Waals surface area contributed by atoms with Crippen molar-refractivity contribution in [3.8, 4) is 0 Å². The zero-order valence-corrected chi connectivity index (χ0v) is 12.8. The molecule has 0 aromatic carbocycles. The molecule has 1 atom stereocenters. The third-order valence-corrected chi connectivity index (χ3v) is 4.71. The first-order valence-corrected chi connectivity index (χ1v) is 7.58. The molecule has 0 fully saturated rings. The van der Waals surface area contributed by atoms with E-state index in [2.05, 4.69) is 10.4 Å².